The topological polar surface area (TPSA) is 79.1 Å². The first-order valence-electron chi connectivity index (χ1n) is 7.91. The highest BCUT2D eigenvalue weighted by Crippen LogP contribution is 2.17. The second-order valence-corrected chi connectivity index (χ2v) is 5.86. The standard InChI is InChI=1S/C15H22N4O4/c1-11-13(12(2)23-16-11)14(20)17-3-5-18(6-4-17)15(21)19-7-9-22-10-8-19/h3-10H2,1-2H3. The van der Waals surface area contributed by atoms with Crippen LogP contribution in [0.25, 0.3) is 0 Å². The van der Waals surface area contributed by atoms with E-state index in [2.05, 4.69) is 5.16 Å². The van der Waals surface area contributed by atoms with Crippen LogP contribution in [0.2, 0.25) is 0 Å². The minimum atomic E-state index is -0.0697. The van der Waals surface area contributed by atoms with Gasteiger partial charge in [0, 0.05) is 39.3 Å². The number of nitrogens with zero attached hydrogens (tertiary/aromatic N) is 4. The molecule has 3 amide bonds. The van der Waals surface area contributed by atoms with Gasteiger partial charge in [0.05, 0.1) is 18.9 Å². The molecular formula is C15H22N4O4. The van der Waals surface area contributed by atoms with Gasteiger partial charge >= 0.3 is 6.03 Å². The normalized spacial score (nSPS) is 19.1. The summed E-state index contributed by atoms with van der Waals surface area (Å²) in [6.07, 6.45) is 0. The molecule has 0 bridgehead atoms. The molecule has 2 fully saturated rings. The maximum Gasteiger partial charge on any atom is 0.320 e. The number of aryl methyl sites for hydroxylation is 2. The van der Waals surface area contributed by atoms with E-state index in [1.54, 1.807) is 18.7 Å². The number of carbonyl (C=O) groups is 2. The lowest BCUT2D eigenvalue weighted by Gasteiger charge is -2.38. The number of piperazine rings is 1. The molecule has 0 radical (unpaired) electrons. The molecule has 0 atom stereocenters. The maximum atomic E-state index is 12.6. The summed E-state index contributed by atoms with van der Waals surface area (Å²) in [6, 6.07) is 0.0396. The molecule has 2 saturated heterocycles. The predicted octanol–water partition coefficient (Wildman–Crippen LogP) is 0.501. The average Bonchev–Trinajstić information content (AvgIpc) is 2.93. The molecule has 126 valence electrons. The Balaban J connectivity index is 1.58. The molecule has 8 heteroatoms. The van der Waals surface area contributed by atoms with Crippen LogP contribution in [0.3, 0.4) is 0 Å². The van der Waals surface area contributed by atoms with Gasteiger partial charge in [0.2, 0.25) is 0 Å². The molecule has 0 spiro atoms. The fourth-order valence-corrected chi connectivity index (χ4v) is 3.00. The van der Waals surface area contributed by atoms with E-state index in [1.807, 2.05) is 9.80 Å². The molecule has 0 aliphatic carbocycles. The van der Waals surface area contributed by atoms with Crippen molar-refractivity contribution in [2.24, 2.45) is 0 Å². The van der Waals surface area contributed by atoms with E-state index in [-0.39, 0.29) is 11.9 Å². The van der Waals surface area contributed by atoms with Gasteiger partial charge in [0.25, 0.3) is 5.91 Å². The Hall–Kier alpha value is -2.09. The van der Waals surface area contributed by atoms with Crippen molar-refractivity contribution >= 4 is 11.9 Å². The minimum absolute atomic E-state index is 0.0396. The van der Waals surface area contributed by atoms with E-state index in [1.165, 1.54) is 0 Å². The third-order valence-corrected chi connectivity index (χ3v) is 4.37. The van der Waals surface area contributed by atoms with Crippen molar-refractivity contribution in [1.82, 2.24) is 19.9 Å². The van der Waals surface area contributed by atoms with Crippen molar-refractivity contribution in [3.63, 3.8) is 0 Å². The van der Waals surface area contributed by atoms with Crippen LogP contribution in [-0.4, -0.2) is 84.3 Å². The van der Waals surface area contributed by atoms with Gasteiger partial charge in [-0.25, -0.2) is 4.79 Å². The molecule has 0 saturated carbocycles. The number of hydrogen-bond acceptors (Lipinski definition) is 5. The van der Waals surface area contributed by atoms with Crippen molar-refractivity contribution in [2.75, 3.05) is 52.5 Å². The second-order valence-electron chi connectivity index (χ2n) is 5.86. The zero-order chi connectivity index (χ0) is 16.4. The van der Waals surface area contributed by atoms with Crippen molar-refractivity contribution in [2.45, 2.75) is 13.8 Å². The first kappa shape index (κ1) is 15.8. The first-order valence-corrected chi connectivity index (χ1v) is 7.91. The number of urea groups is 1. The van der Waals surface area contributed by atoms with Gasteiger partial charge in [-0.3, -0.25) is 4.79 Å². The van der Waals surface area contributed by atoms with Crippen molar-refractivity contribution in [3.8, 4) is 0 Å². The zero-order valence-corrected chi connectivity index (χ0v) is 13.6. The summed E-state index contributed by atoms with van der Waals surface area (Å²) in [7, 11) is 0. The fourth-order valence-electron chi connectivity index (χ4n) is 3.00. The lowest BCUT2D eigenvalue weighted by molar-refractivity contribution is 0.0362. The summed E-state index contributed by atoms with van der Waals surface area (Å²) < 4.78 is 10.3. The van der Waals surface area contributed by atoms with Gasteiger partial charge in [0.15, 0.2) is 0 Å². The molecule has 1 aromatic rings. The van der Waals surface area contributed by atoms with E-state index in [0.717, 1.165) is 0 Å². The number of aromatic nitrogens is 1. The summed E-state index contributed by atoms with van der Waals surface area (Å²) in [5.41, 5.74) is 1.15. The van der Waals surface area contributed by atoms with Gasteiger partial charge in [-0.05, 0) is 13.8 Å². The molecule has 0 unspecified atom stereocenters. The SMILES string of the molecule is Cc1noc(C)c1C(=O)N1CCN(C(=O)N2CCOCC2)CC1. The Morgan fingerprint density at radius 1 is 0.913 bits per heavy atom. The van der Waals surface area contributed by atoms with Crippen LogP contribution >= 0.6 is 0 Å². The van der Waals surface area contributed by atoms with Gasteiger partial charge in [-0.2, -0.15) is 0 Å². The van der Waals surface area contributed by atoms with Crippen LogP contribution in [0.5, 0.6) is 0 Å². The molecule has 3 heterocycles. The van der Waals surface area contributed by atoms with Crippen LogP contribution in [0.1, 0.15) is 21.8 Å². The number of morpholine rings is 1. The molecule has 23 heavy (non-hydrogen) atoms. The van der Waals surface area contributed by atoms with Crippen LogP contribution in [-0.2, 0) is 4.74 Å². The summed E-state index contributed by atoms with van der Waals surface area (Å²) in [4.78, 5) is 30.4. The van der Waals surface area contributed by atoms with Crippen LogP contribution in [0.4, 0.5) is 4.79 Å². The zero-order valence-electron chi connectivity index (χ0n) is 13.6. The highest BCUT2D eigenvalue weighted by atomic mass is 16.5. The largest absolute Gasteiger partial charge is 0.378 e. The Morgan fingerprint density at radius 2 is 1.48 bits per heavy atom. The Kier molecular flexibility index (Phi) is 4.51. The molecule has 0 aromatic carbocycles. The number of amides is 3. The number of rotatable bonds is 1. The second kappa shape index (κ2) is 6.57. The maximum absolute atomic E-state index is 12.6. The summed E-state index contributed by atoms with van der Waals surface area (Å²) in [5.74, 6) is 0.471. The molecular weight excluding hydrogens is 300 g/mol. The van der Waals surface area contributed by atoms with E-state index in [4.69, 9.17) is 9.26 Å². The highest BCUT2D eigenvalue weighted by molar-refractivity contribution is 5.96. The Bertz CT molecular complexity index is 567. The first-order chi connectivity index (χ1) is 11.1. The van der Waals surface area contributed by atoms with Crippen LogP contribution in [0, 0.1) is 13.8 Å². The third-order valence-electron chi connectivity index (χ3n) is 4.37. The summed E-state index contributed by atoms with van der Waals surface area (Å²) in [6.45, 7) is 8.11. The molecule has 3 rings (SSSR count). The van der Waals surface area contributed by atoms with E-state index in [9.17, 15) is 9.59 Å². The van der Waals surface area contributed by atoms with Gasteiger partial charge < -0.3 is 24.0 Å². The average molecular weight is 322 g/mol. The van der Waals surface area contributed by atoms with Gasteiger partial charge in [0.1, 0.15) is 11.3 Å². The predicted molar refractivity (Wildman–Crippen MR) is 81.2 cm³/mol. The van der Waals surface area contributed by atoms with E-state index in [0.29, 0.717) is 69.5 Å². The van der Waals surface area contributed by atoms with E-state index < -0.39 is 0 Å². The lowest BCUT2D eigenvalue weighted by atomic mass is 10.1. The van der Waals surface area contributed by atoms with Crippen molar-refractivity contribution in [3.05, 3.63) is 17.0 Å². The monoisotopic (exact) mass is 322 g/mol. The van der Waals surface area contributed by atoms with Crippen LogP contribution < -0.4 is 0 Å². The fraction of sp³-hybridized carbons (Fsp3) is 0.667. The molecule has 2 aliphatic heterocycles. The Labute approximate surface area is 134 Å². The summed E-state index contributed by atoms with van der Waals surface area (Å²) >= 11 is 0. The smallest absolute Gasteiger partial charge is 0.320 e. The van der Waals surface area contributed by atoms with Crippen LogP contribution in [0.15, 0.2) is 4.52 Å². The lowest BCUT2D eigenvalue weighted by Crippen LogP contribution is -2.55. The molecule has 0 N–H and O–H groups in total. The number of ether oxygens (including phenoxy) is 1. The third kappa shape index (κ3) is 3.17. The summed E-state index contributed by atoms with van der Waals surface area (Å²) in [5, 5.41) is 3.83. The molecule has 8 nitrogen and oxygen atoms in total. The molecule has 1 aromatic heterocycles. The quantitative estimate of drug-likeness (QED) is 0.752. The molecule has 2 aliphatic rings. The van der Waals surface area contributed by atoms with Gasteiger partial charge in [-0.1, -0.05) is 5.16 Å². The van der Waals surface area contributed by atoms with Crippen molar-refractivity contribution in [1.29, 1.82) is 0 Å². The number of carbonyl (C=O) groups excluding carboxylic acids is 2. The van der Waals surface area contributed by atoms with E-state index >= 15 is 0 Å². The Morgan fingerprint density at radius 3 is 2.04 bits per heavy atom. The van der Waals surface area contributed by atoms with Crippen molar-refractivity contribution < 1.29 is 18.8 Å². The van der Waals surface area contributed by atoms with Gasteiger partial charge in [-0.15, -0.1) is 0 Å². The number of hydrogen-bond donors (Lipinski definition) is 0. The minimum Gasteiger partial charge on any atom is -0.378 e. The highest BCUT2D eigenvalue weighted by Gasteiger charge is 2.30.